The molecule has 13 rings (SSSR count). The van der Waals surface area contributed by atoms with Gasteiger partial charge in [0.25, 0.3) is 6.71 Å². The second kappa shape index (κ2) is 15.4. The van der Waals surface area contributed by atoms with Crippen LogP contribution in [0.3, 0.4) is 0 Å². The monoisotopic (exact) mass is 938 g/mol. The van der Waals surface area contributed by atoms with Gasteiger partial charge in [-0.25, -0.2) is 0 Å². The Bertz CT molecular complexity index is 3550. The minimum atomic E-state index is -0.150. The van der Waals surface area contributed by atoms with Crippen molar-refractivity contribution >= 4 is 68.6 Å². The summed E-state index contributed by atoms with van der Waals surface area (Å²) in [4.78, 5) is 8.11. The Morgan fingerprint density at radius 2 is 1.07 bits per heavy atom. The minimum absolute atomic E-state index is 0.0136. The molecule has 2 aliphatic carbocycles. The van der Waals surface area contributed by atoms with Gasteiger partial charge in [-0.05, 0) is 153 Å². The van der Waals surface area contributed by atoms with E-state index in [1.165, 1.54) is 137 Å². The molecule has 8 aromatic carbocycles. The summed E-state index contributed by atoms with van der Waals surface area (Å²) in [7, 11) is 0. The third-order valence-corrected chi connectivity index (χ3v) is 18.3. The normalized spacial score (nSPS) is 20.0. The van der Waals surface area contributed by atoms with Crippen LogP contribution in [0.15, 0.2) is 164 Å². The van der Waals surface area contributed by atoms with Gasteiger partial charge in [-0.1, -0.05) is 184 Å². The van der Waals surface area contributed by atoms with E-state index in [-0.39, 0.29) is 33.9 Å². The lowest BCUT2D eigenvalue weighted by Crippen LogP contribution is -2.61. The first-order valence-corrected chi connectivity index (χ1v) is 26.8. The zero-order valence-corrected chi connectivity index (χ0v) is 44.3. The highest BCUT2D eigenvalue weighted by atomic mass is 15.3. The first kappa shape index (κ1) is 45.1. The maximum absolute atomic E-state index is 2.77. The largest absolute Gasteiger partial charge is 0.334 e. The van der Waals surface area contributed by atoms with E-state index in [0.717, 1.165) is 6.42 Å². The molecular formula is C68H68BN3. The van der Waals surface area contributed by atoms with Crippen molar-refractivity contribution < 1.29 is 0 Å². The third-order valence-electron chi connectivity index (χ3n) is 18.3. The highest BCUT2D eigenvalue weighted by Crippen LogP contribution is 2.62. The average molecular weight is 938 g/mol. The lowest BCUT2D eigenvalue weighted by Gasteiger charge is -2.50. The lowest BCUT2D eigenvalue weighted by molar-refractivity contribution is 0.195. The number of para-hydroxylation sites is 1. The van der Waals surface area contributed by atoms with Crippen LogP contribution < -0.4 is 31.1 Å². The number of benzene rings is 8. The zero-order chi connectivity index (χ0) is 49.9. The van der Waals surface area contributed by atoms with E-state index in [2.05, 4.69) is 255 Å². The topological polar surface area (TPSA) is 9.72 Å². The van der Waals surface area contributed by atoms with E-state index in [4.69, 9.17) is 0 Å². The summed E-state index contributed by atoms with van der Waals surface area (Å²) >= 11 is 0. The van der Waals surface area contributed by atoms with Crippen LogP contribution in [-0.2, 0) is 21.7 Å². The maximum atomic E-state index is 2.77. The second-order valence-electron chi connectivity index (χ2n) is 25.0. The number of hydrogen-bond donors (Lipinski definition) is 0. The summed E-state index contributed by atoms with van der Waals surface area (Å²) in [5.41, 5.74) is 27.3. The summed E-state index contributed by atoms with van der Waals surface area (Å²) in [6.45, 7) is 26.3. The highest BCUT2D eigenvalue weighted by molar-refractivity contribution is 7.00. The molecule has 72 heavy (non-hydrogen) atoms. The van der Waals surface area contributed by atoms with Crippen molar-refractivity contribution in [1.29, 1.82) is 0 Å². The van der Waals surface area contributed by atoms with Crippen LogP contribution in [0, 0.1) is 6.92 Å². The molecule has 8 aromatic rings. The molecule has 1 fully saturated rings. The molecule has 2 unspecified atom stereocenters. The molecule has 0 N–H and O–H groups in total. The van der Waals surface area contributed by atoms with Gasteiger partial charge in [0.15, 0.2) is 0 Å². The average Bonchev–Trinajstić information content (AvgIpc) is 3.73. The van der Waals surface area contributed by atoms with E-state index in [1.807, 2.05) is 0 Å². The molecule has 5 aliphatic rings. The molecule has 0 aromatic heterocycles. The van der Waals surface area contributed by atoms with Crippen molar-refractivity contribution in [3.8, 4) is 22.3 Å². The van der Waals surface area contributed by atoms with Crippen molar-refractivity contribution in [1.82, 2.24) is 0 Å². The number of fused-ring (bicyclic) bond motifs is 10. The van der Waals surface area contributed by atoms with Crippen molar-refractivity contribution in [2.45, 2.75) is 129 Å². The van der Waals surface area contributed by atoms with E-state index in [9.17, 15) is 0 Å². The Balaban J connectivity index is 1.14. The van der Waals surface area contributed by atoms with Gasteiger partial charge in [0.2, 0.25) is 0 Å². The Labute approximate surface area is 429 Å². The molecule has 0 bridgehead atoms. The van der Waals surface area contributed by atoms with Crippen LogP contribution >= 0.6 is 0 Å². The molecule has 3 aliphatic heterocycles. The van der Waals surface area contributed by atoms with E-state index in [1.54, 1.807) is 0 Å². The van der Waals surface area contributed by atoms with Gasteiger partial charge in [0.1, 0.15) is 0 Å². The summed E-state index contributed by atoms with van der Waals surface area (Å²) < 4.78 is 0. The van der Waals surface area contributed by atoms with E-state index < -0.39 is 0 Å². The van der Waals surface area contributed by atoms with Gasteiger partial charge >= 0.3 is 0 Å². The molecule has 1 saturated carbocycles. The number of aryl methyl sites for hydroxylation is 1. The van der Waals surface area contributed by atoms with Crippen molar-refractivity contribution in [3.05, 3.63) is 197 Å². The first-order valence-electron chi connectivity index (χ1n) is 26.8. The predicted octanol–water partition coefficient (Wildman–Crippen LogP) is 16.4. The molecule has 2 atom stereocenters. The summed E-state index contributed by atoms with van der Waals surface area (Å²) in [5, 5.41) is 0. The van der Waals surface area contributed by atoms with Crippen molar-refractivity contribution in [3.63, 3.8) is 0 Å². The molecule has 0 spiro atoms. The van der Waals surface area contributed by atoms with E-state index in [0.29, 0.717) is 0 Å². The predicted molar refractivity (Wildman–Crippen MR) is 308 cm³/mol. The summed E-state index contributed by atoms with van der Waals surface area (Å²) in [6.07, 6.45) is 4.87. The zero-order valence-electron chi connectivity index (χ0n) is 44.3. The molecule has 0 amide bonds. The maximum Gasteiger partial charge on any atom is 0.252 e. The molecule has 0 saturated heterocycles. The second-order valence-corrected chi connectivity index (χ2v) is 25.0. The van der Waals surface area contributed by atoms with Gasteiger partial charge in [-0.15, -0.1) is 0 Å². The van der Waals surface area contributed by atoms with Crippen LogP contribution in [-0.4, -0.2) is 12.3 Å². The Kier molecular flexibility index (Phi) is 9.63. The Morgan fingerprint density at radius 1 is 0.458 bits per heavy atom. The number of nitrogens with zero attached hydrogens (tertiary/aromatic N) is 3. The van der Waals surface area contributed by atoms with Gasteiger partial charge in [0.05, 0.1) is 16.9 Å². The molecule has 0 radical (unpaired) electrons. The van der Waals surface area contributed by atoms with Crippen LogP contribution in [0.2, 0.25) is 0 Å². The smallest absolute Gasteiger partial charge is 0.252 e. The van der Waals surface area contributed by atoms with Crippen molar-refractivity contribution in [2.75, 3.05) is 14.7 Å². The van der Waals surface area contributed by atoms with Crippen molar-refractivity contribution in [2.24, 2.45) is 0 Å². The number of rotatable bonds is 4. The highest BCUT2D eigenvalue weighted by Gasteiger charge is 2.58. The van der Waals surface area contributed by atoms with Crippen LogP contribution in [0.4, 0.5) is 45.5 Å². The fourth-order valence-electron chi connectivity index (χ4n) is 14.3. The molecular weight excluding hydrogens is 870 g/mol. The Hall–Kier alpha value is -6.78. The molecule has 3 heterocycles. The fourth-order valence-corrected chi connectivity index (χ4v) is 14.3. The standard InChI is InChI=1S/C68H68BN3/c1-43-38-60-63-61(39-43)71(58-29-21-27-52-62(58)48-24-15-16-25-50(48)66(52,8)9)59-42-47(72-56-28-18-17-26-51(56)67(10)36-19-20-37-68(67,72)11)32-33-53(59)69(63)54-41-46(65(5,6)7)31-35-57(54)70(60)55-34-30-45(64(2,3)4)40-49(55)44-22-13-12-14-23-44/h12-18,21-35,38-42H,19-20,36-37H2,1-11H3. The van der Waals surface area contributed by atoms with Gasteiger partial charge in [-0.3, -0.25) is 0 Å². The quantitative estimate of drug-likeness (QED) is 0.163. The minimum Gasteiger partial charge on any atom is -0.334 e. The first-order chi connectivity index (χ1) is 34.4. The van der Waals surface area contributed by atoms with Crippen LogP contribution in [0.25, 0.3) is 22.3 Å². The van der Waals surface area contributed by atoms with Crippen LogP contribution in [0.5, 0.6) is 0 Å². The third kappa shape index (κ3) is 6.23. The molecule has 358 valence electrons. The SMILES string of the molecule is Cc1cc2c3c(c1)N(c1cccc4c1-c1ccccc1C4(C)C)c1cc(N4c5ccccc5C5(C)CCCCC45C)ccc1B3c1cc(C(C)(C)C)ccc1N2c1ccc(C(C)(C)C)cc1-c1ccccc1. The summed E-state index contributed by atoms with van der Waals surface area (Å²) in [6, 6.07) is 64.0. The van der Waals surface area contributed by atoms with E-state index >= 15 is 0 Å². The van der Waals surface area contributed by atoms with Gasteiger partial charge in [0, 0.05) is 56.1 Å². The van der Waals surface area contributed by atoms with Crippen LogP contribution in [0.1, 0.15) is 128 Å². The summed E-state index contributed by atoms with van der Waals surface area (Å²) in [5.74, 6) is 0. The fraction of sp³-hybridized carbons (Fsp3) is 0.294. The lowest BCUT2D eigenvalue weighted by atomic mass is 9.33. The number of hydrogen-bond acceptors (Lipinski definition) is 3. The van der Waals surface area contributed by atoms with Gasteiger partial charge < -0.3 is 14.7 Å². The number of anilines is 8. The molecule has 4 heteroatoms. The van der Waals surface area contributed by atoms with Gasteiger partial charge in [-0.2, -0.15) is 0 Å². The Morgan fingerprint density at radius 3 is 1.81 bits per heavy atom. The molecule has 3 nitrogen and oxygen atoms in total.